The van der Waals surface area contributed by atoms with Crippen molar-refractivity contribution in [1.82, 2.24) is 15.3 Å². The van der Waals surface area contributed by atoms with E-state index in [0.717, 1.165) is 12.0 Å². The van der Waals surface area contributed by atoms with Gasteiger partial charge in [0.15, 0.2) is 5.82 Å². The van der Waals surface area contributed by atoms with E-state index in [1.807, 2.05) is 12.1 Å². The van der Waals surface area contributed by atoms with Crippen LogP contribution in [-0.4, -0.2) is 39.5 Å². The Hall–Kier alpha value is -4.74. The molecule has 1 aliphatic heterocycles. The quantitative estimate of drug-likeness (QED) is 0.352. The van der Waals surface area contributed by atoms with Crippen LogP contribution in [-0.2, 0) is 24.2 Å². The van der Waals surface area contributed by atoms with Crippen LogP contribution in [0.15, 0.2) is 78.9 Å². The molecule has 5 rings (SSSR count). The maximum Gasteiger partial charge on any atom is 0.326 e. The third kappa shape index (κ3) is 6.06. The van der Waals surface area contributed by atoms with Gasteiger partial charge in [-0.15, -0.1) is 0 Å². The maximum atomic E-state index is 13.4. The molecule has 2 N–H and O–H groups in total. The zero-order valence-corrected chi connectivity index (χ0v) is 21.6. The number of hydrogen-bond acceptors (Lipinski definition) is 6. The summed E-state index contributed by atoms with van der Waals surface area (Å²) in [5.74, 6) is -0.904. The molecule has 1 aliphatic rings. The lowest BCUT2D eigenvalue weighted by molar-refractivity contribution is -0.139. The molecule has 0 fully saturated rings. The highest BCUT2D eigenvalue weighted by Crippen LogP contribution is 2.26. The number of carboxylic acid groups (broad SMARTS) is 1. The number of halogens is 1. The summed E-state index contributed by atoms with van der Waals surface area (Å²) in [6.45, 7) is 1.32. The van der Waals surface area contributed by atoms with Crippen LogP contribution in [0.3, 0.4) is 0 Å². The molecule has 1 aromatic heterocycles. The molecule has 1 atom stereocenters. The number of hydrogen-bond donors (Lipinski definition) is 2. The number of carboxylic acids is 1. The van der Waals surface area contributed by atoms with Crippen LogP contribution in [0.2, 0.25) is 5.02 Å². The van der Waals surface area contributed by atoms with Gasteiger partial charge in [0.05, 0.1) is 11.6 Å². The van der Waals surface area contributed by atoms with Crippen LogP contribution in [0.25, 0.3) is 11.4 Å². The second kappa shape index (κ2) is 11.3. The predicted octanol–water partition coefficient (Wildman–Crippen LogP) is 4.66. The van der Waals surface area contributed by atoms with E-state index in [-0.39, 0.29) is 12.1 Å². The molecule has 0 aliphatic carbocycles. The SMILES string of the molecule is N#Cc1ccc(-c2nc(C(=O)NC(Cc3ccc(Cl)cc3)C(=O)O)cc(N3CCc4ccccc4C3)n2)cc1. The minimum absolute atomic E-state index is 0.0561. The summed E-state index contributed by atoms with van der Waals surface area (Å²) in [4.78, 5) is 36.7. The molecule has 4 aromatic rings. The van der Waals surface area contributed by atoms with Gasteiger partial charge < -0.3 is 15.3 Å². The lowest BCUT2D eigenvalue weighted by Crippen LogP contribution is -2.42. The monoisotopic (exact) mass is 537 g/mol. The Bertz CT molecular complexity index is 1570. The van der Waals surface area contributed by atoms with Crippen molar-refractivity contribution < 1.29 is 14.7 Å². The molecular formula is C30H24ClN5O3. The standard InChI is InChI=1S/C30H24ClN5O3/c31-24-11-7-19(8-12-24)15-26(30(38)39)34-29(37)25-16-27(36-14-13-21-3-1-2-4-23(21)18-36)35-28(33-25)22-9-5-20(17-32)6-10-22/h1-12,16,26H,13-15,18H2,(H,34,37)(H,38,39). The Kier molecular flexibility index (Phi) is 7.53. The van der Waals surface area contributed by atoms with E-state index >= 15 is 0 Å². The van der Waals surface area contributed by atoms with Crippen molar-refractivity contribution >= 4 is 29.3 Å². The van der Waals surface area contributed by atoms with Crippen LogP contribution >= 0.6 is 11.6 Å². The molecular weight excluding hydrogens is 514 g/mol. The number of fused-ring (bicyclic) bond motifs is 1. The molecule has 0 saturated carbocycles. The minimum atomic E-state index is -1.17. The molecule has 9 heteroatoms. The Balaban J connectivity index is 1.47. The number of nitrogens with zero attached hydrogens (tertiary/aromatic N) is 4. The lowest BCUT2D eigenvalue weighted by Gasteiger charge is -2.30. The van der Waals surface area contributed by atoms with Gasteiger partial charge in [-0.1, -0.05) is 48.0 Å². The molecule has 1 unspecified atom stereocenters. The fourth-order valence-corrected chi connectivity index (χ4v) is 4.64. The fourth-order valence-electron chi connectivity index (χ4n) is 4.52. The number of anilines is 1. The third-order valence-electron chi connectivity index (χ3n) is 6.63. The summed E-state index contributed by atoms with van der Waals surface area (Å²) in [6, 6.07) is 24.3. The molecule has 0 bridgehead atoms. The van der Waals surface area contributed by atoms with E-state index in [0.29, 0.717) is 40.9 Å². The van der Waals surface area contributed by atoms with E-state index in [4.69, 9.17) is 21.8 Å². The number of carbonyl (C=O) groups excluding carboxylic acids is 1. The van der Waals surface area contributed by atoms with Gasteiger partial charge in [-0.25, -0.2) is 14.8 Å². The summed E-state index contributed by atoms with van der Waals surface area (Å²) in [7, 11) is 0. The van der Waals surface area contributed by atoms with Crippen LogP contribution in [0.5, 0.6) is 0 Å². The zero-order valence-electron chi connectivity index (χ0n) is 20.8. The highest BCUT2D eigenvalue weighted by atomic mass is 35.5. The predicted molar refractivity (Wildman–Crippen MR) is 147 cm³/mol. The summed E-state index contributed by atoms with van der Waals surface area (Å²) >= 11 is 5.94. The number of carbonyl (C=O) groups is 2. The van der Waals surface area contributed by atoms with Gasteiger partial charge in [0, 0.05) is 36.2 Å². The average molecular weight is 538 g/mol. The minimum Gasteiger partial charge on any atom is -0.480 e. The number of rotatable bonds is 7. The van der Waals surface area contributed by atoms with Crippen molar-refractivity contribution in [2.75, 3.05) is 11.4 Å². The normalized spacial score (nSPS) is 13.2. The number of benzene rings is 3. The van der Waals surface area contributed by atoms with E-state index in [1.165, 1.54) is 11.1 Å². The summed E-state index contributed by atoms with van der Waals surface area (Å²) < 4.78 is 0. The molecule has 3 aromatic carbocycles. The number of nitrogens with one attached hydrogen (secondary N) is 1. The fraction of sp³-hybridized carbons (Fsp3) is 0.167. The first-order chi connectivity index (χ1) is 18.9. The van der Waals surface area contributed by atoms with E-state index in [2.05, 4.69) is 33.4 Å². The second-order valence-electron chi connectivity index (χ2n) is 9.26. The van der Waals surface area contributed by atoms with Gasteiger partial charge in [0.25, 0.3) is 5.91 Å². The largest absolute Gasteiger partial charge is 0.480 e. The lowest BCUT2D eigenvalue weighted by atomic mass is 10.00. The summed E-state index contributed by atoms with van der Waals surface area (Å²) in [5, 5.41) is 22.1. The van der Waals surface area contributed by atoms with Crippen molar-refractivity contribution in [2.24, 2.45) is 0 Å². The van der Waals surface area contributed by atoms with E-state index in [9.17, 15) is 14.7 Å². The first-order valence-corrected chi connectivity index (χ1v) is 12.8. The molecule has 1 amide bonds. The van der Waals surface area contributed by atoms with Gasteiger partial charge in [0.2, 0.25) is 0 Å². The molecule has 0 spiro atoms. The first kappa shape index (κ1) is 25.9. The highest BCUT2D eigenvalue weighted by molar-refractivity contribution is 6.30. The van der Waals surface area contributed by atoms with Gasteiger partial charge in [-0.3, -0.25) is 4.79 Å². The molecule has 194 valence electrons. The molecule has 2 heterocycles. The van der Waals surface area contributed by atoms with Gasteiger partial charge in [-0.2, -0.15) is 5.26 Å². The van der Waals surface area contributed by atoms with Crippen molar-refractivity contribution in [3.63, 3.8) is 0 Å². The average Bonchev–Trinajstić information content (AvgIpc) is 2.97. The Morgan fingerprint density at radius 3 is 2.44 bits per heavy atom. The molecule has 0 radical (unpaired) electrons. The van der Waals surface area contributed by atoms with Crippen LogP contribution in [0.4, 0.5) is 5.82 Å². The van der Waals surface area contributed by atoms with Gasteiger partial charge in [-0.05, 0) is 59.5 Å². The molecule has 8 nitrogen and oxygen atoms in total. The van der Waals surface area contributed by atoms with Gasteiger partial charge in [0.1, 0.15) is 17.6 Å². The van der Waals surface area contributed by atoms with Crippen molar-refractivity contribution in [3.8, 4) is 17.5 Å². The summed E-state index contributed by atoms with van der Waals surface area (Å²) in [6.07, 6.45) is 0.914. The number of amides is 1. The third-order valence-corrected chi connectivity index (χ3v) is 6.88. The first-order valence-electron chi connectivity index (χ1n) is 12.4. The van der Waals surface area contributed by atoms with Crippen molar-refractivity contribution in [1.29, 1.82) is 5.26 Å². The molecule has 0 saturated heterocycles. The number of nitriles is 1. The van der Waals surface area contributed by atoms with E-state index < -0.39 is 17.9 Å². The Labute approximate surface area is 230 Å². The van der Waals surface area contributed by atoms with Crippen LogP contribution < -0.4 is 10.2 Å². The maximum absolute atomic E-state index is 13.4. The van der Waals surface area contributed by atoms with Crippen LogP contribution in [0, 0.1) is 11.3 Å². The Morgan fingerprint density at radius 2 is 1.74 bits per heavy atom. The van der Waals surface area contributed by atoms with Gasteiger partial charge >= 0.3 is 5.97 Å². The highest BCUT2D eigenvalue weighted by Gasteiger charge is 2.25. The second-order valence-corrected chi connectivity index (χ2v) is 9.70. The number of aromatic nitrogens is 2. The van der Waals surface area contributed by atoms with E-state index in [1.54, 1.807) is 54.6 Å². The number of aliphatic carboxylic acids is 1. The van der Waals surface area contributed by atoms with Crippen molar-refractivity contribution in [3.05, 3.63) is 112 Å². The molecule has 39 heavy (non-hydrogen) atoms. The smallest absolute Gasteiger partial charge is 0.326 e. The summed E-state index contributed by atoms with van der Waals surface area (Å²) in [5.41, 5.74) is 4.37. The van der Waals surface area contributed by atoms with Crippen LogP contribution in [0.1, 0.15) is 32.7 Å². The van der Waals surface area contributed by atoms with Crippen molar-refractivity contribution in [2.45, 2.75) is 25.4 Å². The Morgan fingerprint density at radius 1 is 1.03 bits per heavy atom. The zero-order chi connectivity index (χ0) is 27.4. The topological polar surface area (TPSA) is 119 Å².